The van der Waals surface area contributed by atoms with Gasteiger partial charge in [-0.25, -0.2) is 4.98 Å². The molecule has 90 valence electrons. The van der Waals surface area contributed by atoms with Crippen LogP contribution in [0, 0.1) is 6.92 Å². The van der Waals surface area contributed by atoms with Gasteiger partial charge in [0.05, 0.1) is 5.52 Å². The van der Waals surface area contributed by atoms with Crippen molar-refractivity contribution in [3.63, 3.8) is 0 Å². The van der Waals surface area contributed by atoms with Crippen LogP contribution >= 0.6 is 11.6 Å². The summed E-state index contributed by atoms with van der Waals surface area (Å²) in [5.41, 5.74) is 3.39. The van der Waals surface area contributed by atoms with Crippen LogP contribution < -0.4 is 0 Å². The van der Waals surface area contributed by atoms with E-state index in [0.717, 1.165) is 17.5 Å². The molecular weight excluding hydrogens is 242 g/mol. The number of aromatic nitrogens is 1. The molecule has 1 nitrogen and oxygen atoms in total. The standard InChI is InChI=1S/C16H14ClN/c1-3-11-9-12-8-10(2)13-6-4-5-7-14(13)15(12)18-16(11)17/h4-9H,3H2,1-2H3. The molecule has 0 aliphatic rings. The van der Waals surface area contributed by atoms with Crippen molar-refractivity contribution in [1.82, 2.24) is 4.98 Å². The maximum Gasteiger partial charge on any atom is 0.132 e. The summed E-state index contributed by atoms with van der Waals surface area (Å²) in [6.45, 7) is 4.24. The second-order valence-corrected chi connectivity index (χ2v) is 4.96. The van der Waals surface area contributed by atoms with Gasteiger partial charge in [-0.2, -0.15) is 0 Å². The Bertz CT molecular complexity index is 747. The molecule has 2 aromatic carbocycles. The van der Waals surface area contributed by atoms with E-state index in [9.17, 15) is 0 Å². The summed E-state index contributed by atoms with van der Waals surface area (Å²) >= 11 is 6.23. The Balaban J connectivity index is 2.51. The van der Waals surface area contributed by atoms with Crippen LogP contribution in [0.15, 0.2) is 36.4 Å². The minimum atomic E-state index is 0.624. The normalized spacial score (nSPS) is 11.3. The second kappa shape index (κ2) is 4.25. The average molecular weight is 256 g/mol. The fourth-order valence-corrected chi connectivity index (χ4v) is 2.74. The second-order valence-electron chi connectivity index (χ2n) is 4.60. The smallest absolute Gasteiger partial charge is 0.132 e. The molecule has 0 saturated carbocycles. The highest BCUT2D eigenvalue weighted by atomic mass is 35.5. The predicted octanol–water partition coefficient (Wildman–Crippen LogP) is 4.91. The summed E-state index contributed by atoms with van der Waals surface area (Å²) in [5.74, 6) is 0. The number of benzene rings is 2. The van der Waals surface area contributed by atoms with Crippen LogP contribution in [0.1, 0.15) is 18.1 Å². The fourth-order valence-electron chi connectivity index (χ4n) is 2.47. The van der Waals surface area contributed by atoms with E-state index in [0.29, 0.717) is 5.15 Å². The van der Waals surface area contributed by atoms with E-state index in [-0.39, 0.29) is 0 Å². The minimum absolute atomic E-state index is 0.624. The Morgan fingerprint density at radius 2 is 1.83 bits per heavy atom. The summed E-state index contributed by atoms with van der Waals surface area (Å²) in [6.07, 6.45) is 0.910. The first-order chi connectivity index (χ1) is 8.70. The van der Waals surface area contributed by atoms with Crippen molar-refractivity contribution in [3.8, 4) is 0 Å². The summed E-state index contributed by atoms with van der Waals surface area (Å²) in [6, 6.07) is 12.7. The highest BCUT2D eigenvalue weighted by Gasteiger charge is 2.08. The van der Waals surface area contributed by atoms with Gasteiger partial charge in [-0.3, -0.25) is 0 Å². The lowest BCUT2D eigenvalue weighted by Crippen LogP contribution is -1.91. The van der Waals surface area contributed by atoms with E-state index in [4.69, 9.17) is 11.6 Å². The molecule has 3 rings (SSSR count). The zero-order valence-corrected chi connectivity index (χ0v) is 11.3. The van der Waals surface area contributed by atoms with Crippen molar-refractivity contribution in [2.75, 3.05) is 0 Å². The SMILES string of the molecule is CCc1cc2cc(C)c3ccccc3c2nc1Cl. The number of halogens is 1. The number of pyridine rings is 1. The Hall–Kier alpha value is -1.60. The first-order valence-corrected chi connectivity index (χ1v) is 6.56. The number of nitrogens with zero attached hydrogens (tertiary/aromatic N) is 1. The van der Waals surface area contributed by atoms with Crippen LogP contribution in [-0.4, -0.2) is 4.98 Å². The van der Waals surface area contributed by atoms with Crippen LogP contribution in [-0.2, 0) is 6.42 Å². The summed E-state index contributed by atoms with van der Waals surface area (Å²) in [4.78, 5) is 4.58. The van der Waals surface area contributed by atoms with Gasteiger partial charge < -0.3 is 0 Å². The number of aryl methyl sites for hydroxylation is 2. The van der Waals surface area contributed by atoms with Gasteiger partial charge in [0.25, 0.3) is 0 Å². The van der Waals surface area contributed by atoms with Gasteiger partial charge in [0.2, 0.25) is 0 Å². The molecular formula is C16H14ClN. The highest BCUT2D eigenvalue weighted by molar-refractivity contribution is 6.31. The lowest BCUT2D eigenvalue weighted by Gasteiger charge is -2.09. The van der Waals surface area contributed by atoms with Gasteiger partial charge in [-0.1, -0.05) is 42.8 Å². The third-order valence-corrected chi connectivity index (χ3v) is 3.77. The maximum absolute atomic E-state index is 6.23. The van der Waals surface area contributed by atoms with E-state index >= 15 is 0 Å². The Kier molecular flexibility index (Phi) is 2.71. The van der Waals surface area contributed by atoms with Gasteiger partial charge in [-0.15, -0.1) is 0 Å². The van der Waals surface area contributed by atoms with Crippen LogP contribution in [0.5, 0.6) is 0 Å². The molecule has 0 amide bonds. The average Bonchev–Trinajstić information content (AvgIpc) is 2.39. The lowest BCUT2D eigenvalue weighted by molar-refractivity contribution is 1.12. The largest absolute Gasteiger partial charge is 0.235 e. The summed E-state index contributed by atoms with van der Waals surface area (Å²) < 4.78 is 0. The van der Waals surface area contributed by atoms with Crippen molar-refractivity contribution in [3.05, 3.63) is 52.7 Å². The molecule has 1 heterocycles. The molecule has 0 N–H and O–H groups in total. The monoisotopic (exact) mass is 255 g/mol. The highest BCUT2D eigenvalue weighted by Crippen LogP contribution is 2.29. The molecule has 0 saturated heterocycles. The lowest BCUT2D eigenvalue weighted by atomic mass is 10.0. The van der Waals surface area contributed by atoms with Crippen molar-refractivity contribution >= 4 is 33.3 Å². The van der Waals surface area contributed by atoms with E-state index in [1.165, 1.54) is 21.7 Å². The first-order valence-electron chi connectivity index (χ1n) is 6.18. The molecule has 0 aliphatic heterocycles. The molecule has 0 bridgehead atoms. The number of hydrogen-bond donors (Lipinski definition) is 0. The van der Waals surface area contributed by atoms with Crippen molar-refractivity contribution in [1.29, 1.82) is 0 Å². The Morgan fingerprint density at radius 3 is 2.56 bits per heavy atom. The number of fused-ring (bicyclic) bond motifs is 3. The molecule has 2 heteroatoms. The van der Waals surface area contributed by atoms with Gasteiger partial charge >= 0.3 is 0 Å². The first kappa shape index (κ1) is 11.5. The zero-order valence-electron chi connectivity index (χ0n) is 10.5. The molecule has 3 aromatic rings. The van der Waals surface area contributed by atoms with Crippen LogP contribution in [0.2, 0.25) is 5.15 Å². The van der Waals surface area contributed by atoms with Gasteiger partial charge in [-0.05, 0) is 42.0 Å². The van der Waals surface area contributed by atoms with Gasteiger partial charge in [0.1, 0.15) is 5.15 Å². The van der Waals surface area contributed by atoms with Crippen LogP contribution in [0.4, 0.5) is 0 Å². The zero-order chi connectivity index (χ0) is 12.7. The Labute approximate surface area is 111 Å². The minimum Gasteiger partial charge on any atom is -0.235 e. The quantitative estimate of drug-likeness (QED) is 0.445. The van der Waals surface area contributed by atoms with Gasteiger partial charge in [0.15, 0.2) is 0 Å². The summed E-state index contributed by atoms with van der Waals surface area (Å²) in [5, 5.41) is 4.22. The van der Waals surface area contributed by atoms with E-state index < -0.39 is 0 Å². The van der Waals surface area contributed by atoms with Crippen LogP contribution in [0.25, 0.3) is 21.7 Å². The molecule has 1 aromatic heterocycles. The molecule has 0 spiro atoms. The molecule has 0 radical (unpaired) electrons. The van der Waals surface area contributed by atoms with E-state index in [2.05, 4.69) is 49.2 Å². The van der Waals surface area contributed by atoms with E-state index in [1.54, 1.807) is 0 Å². The fraction of sp³-hybridized carbons (Fsp3) is 0.188. The third-order valence-electron chi connectivity index (χ3n) is 3.44. The third kappa shape index (κ3) is 1.67. The summed E-state index contributed by atoms with van der Waals surface area (Å²) in [7, 11) is 0. The van der Waals surface area contributed by atoms with Gasteiger partial charge in [0, 0.05) is 10.8 Å². The molecule has 0 fully saturated rings. The van der Waals surface area contributed by atoms with Crippen LogP contribution in [0.3, 0.4) is 0 Å². The van der Waals surface area contributed by atoms with E-state index in [1.807, 2.05) is 6.07 Å². The van der Waals surface area contributed by atoms with Crippen molar-refractivity contribution < 1.29 is 0 Å². The number of hydrogen-bond acceptors (Lipinski definition) is 1. The van der Waals surface area contributed by atoms with Crippen molar-refractivity contribution in [2.24, 2.45) is 0 Å². The molecule has 0 atom stereocenters. The maximum atomic E-state index is 6.23. The topological polar surface area (TPSA) is 12.9 Å². The number of rotatable bonds is 1. The predicted molar refractivity (Wildman–Crippen MR) is 78.4 cm³/mol. The Morgan fingerprint density at radius 1 is 1.11 bits per heavy atom. The molecule has 18 heavy (non-hydrogen) atoms. The molecule has 0 aliphatic carbocycles. The van der Waals surface area contributed by atoms with Crippen molar-refractivity contribution in [2.45, 2.75) is 20.3 Å². The molecule has 0 unspecified atom stereocenters.